The highest BCUT2D eigenvalue weighted by molar-refractivity contribution is 7.89. The molecule has 122 valence electrons. The van der Waals surface area contributed by atoms with Gasteiger partial charge in [-0.1, -0.05) is 43.2 Å². The zero-order chi connectivity index (χ0) is 16.2. The molecule has 0 aliphatic heterocycles. The minimum atomic E-state index is -3.53. The van der Waals surface area contributed by atoms with Gasteiger partial charge in [-0.05, 0) is 24.3 Å². The van der Waals surface area contributed by atoms with Crippen LogP contribution in [-0.2, 0) is 14.8 Å². The number of nitrogens with one attached hydrogen (secondary N) is 1. The summed E-state index contributed by atoms with van der Waals surface area (Å²) in [6.07, 6.45) is 4.47. The van der Waals surface area contributed by atoms with Crippen molar-refractivity contribution in [2.24, 2.45) is 5.92 Å². The van der Waals surface area contributed by atoms with Crippen LogP contribution in [-0.4, -0.2) is 38.5 Å². The second-order valence-electron chi connectivity index (χ2n) is 6.04. The predicted octanol–water partition coefficient (Wildman–Crippen LogP) is 1.93. The number of benzene rings is 1. The van der Waals surface area contributed by atoms with E-state index in [0.29, 0.717) is 5.92 Å². The van der Waals surface area contributed by atoms with Gasteiger partial charge in [-0.25, -0.2) is 12.7 Å². The lowest BCUT2D eigenvalue weighted by molar-refractivity contribution is -0.119. The first-order valence-electron chi connectivity index (χ1n) is 7.64. The molecule has 5 nitrogen and oxygen atoms in total. The Labute approximate surface area is 132 Å². The van der Waals surface area contributed by atoms with E-state index in [9.17, 15) is 13.2 Å². The highest BCUT2D eigenvalue weighted by Gasteiger charge is 2.29. The van der Waals surface area contributed by atoms with Gasteiger partial charge < -0.3 is 5.32 Å². The van der Waals surface area contributed by atoms with E-state index < -0.39 is 21.7 Å². The van der Waals surface area contributed by atoms with Crippen LogP contribution in [0.2, 0.25) is 0 Å². The summed E-state index contributed by atoms with van der Waals surface area (Å²) < 4.78 is 24.8. The molecule has 0 bridgehead atoms. The molecule has 1 aromatic carbocycles. The molecular formula is C16H24N2O3S. The average Bonchev–Trinajstić information content (AvgIpc) is 2.99. The number of nitrogens with zero attached hydrogens (tertiary/aromatic N) is 1. The van der Waals surface area contributed by atoms with Crippen LogP contribution in [0.3, 0.4) is 0 Å². The number of hydrogen-bond donors (Lipinski definition) is 1. The van der Waals surface area contributed by atoms with E-state index in [4.69, 9.17) is 0 Å². The van der Waals surface area contributed by atoms with Crippen molar-refractivity contribution in [2.75, 3.05) is 19.8 Å². The molecule has 0 aromatic heterocycles. The van der Waals surface area contributed by atoms with E-state index in [1.165, 1.54) is 26.9 Å². The molecule has 1 saturated carbocycles. The third-order valence-electron chi connectivity index (χ3n) is 4.22. The highest BCUT2D eigenvalue weighted by Crippen LogP contribution is 2.35. The molecule has 1 fully saturated rings. The van der Waals surface area contributed by atoms with Crippen molar-refractivity contribution in [2.45, 2.75) is 31.7 Å². The largest absolute Gasteiger partial charge is 0.348 e. The molecule has 1 aliphatic carbocycles. The SMILES string of the molecule is CN(C)S(=O)(=O)CC(=O)NC(c1ccccc1)C1CCCC1. The lowest BCUT2D eigenvalue weighted by Gasteiger charge is -2.25. The van der Waals surface area contributed by atoms with Gasteiger partial charge in [-0.15, -0.1) is 0 Å². The molecule has 1 N–H and O–H groups in total. The van der Waals surface area contributed by atoms with Gasteiger partial charge in [0.2, 0.25) is 15.9 Å². The maximum absolute atomic E-state index is 12.2. The fourth-order valence-electron chi connectivity index (χ4n) is 2.93. The minimum Gasteiger partial charge on any atom is -0.348 e. The highest BCUT2D eigenvalue weighted by atomic mass is 32.2. The number of carbonyl (C=O) groups excluding carboxylic acids is 1. The Balaban J connectivity index is 2.12. The first-order valence-corrected chi connectivity index (χ1v) is 9.25. The summed E-state index contributed by atoms with van der Waals surface area (Å²) >= 11 is 0. The Morgan fingerprint density at radius 2 is 1.82 bits per heavy atom. The number of carbonyl (C=O) groups is 1. The van der Waals surface area contributed by atoms with Gasteiger partial charge >= 0.3 is 0 Å². The molecule has 0 heterocycles. The van der Waals surface area contributed by atoms with Gasteiger partial charge in [0, 0.05) is 14.1 Å². The fraction of sp³-hybridized carbons (Fsp3) is 0.562. The molecule has 1 aliphatic rings. The number of amides is 1. The van der Waals surface area contributed by atoms with E-state index in [1.54, 1.807) is 0 Å². The lowest BCUT2D eigenvalue weighted by atomic mass is 9.91. The van der Waals surface area contributed by atoms with Gasteiger partial charge in [0.25, 0.3) is 0 Å². The monoisotopic (exact) mass is 324 g/mol. The van der Waals surface area contributed by atoms with Crippen LogP contribution in [0.5, 0.6) is 0 Å². The molecule has 22 heavy (non-hydrogen) atoms. The van der Waals surface area contributed by atoms with E-state index in [-0.39, 0.29) is 6.04 Å². The van der Waals surface area contributed by atoms with Gasteiger partial charge in [0.15, 0.2) is 0 Å². The van der Waals surface area contributed by atoms with Gasteiger partial charge in [-0.3, -0.25) is 4.79 Å². The summed E-state index contributed by atoms with van der Waals surface area (Å²) in [4.78, 5) is 12.2. The normalized spacial score (nSPS) is 17.6. The minimum absolute atomic E-state index is 0.103. The molecule has 1 aromatic rings. The third kappa shape index (κ3) is 4.30. The standard InChI is InChI=1S/C16H24N2O3S/c1-18(2)22(20,21)12-15(19)17-16(14-10-6-7-11-14)13-8-4-3-5-9-13/h3-5,8-9,14,16H,6-7,10-12H2,1-2H3,(H,17,19). The van der Waals surface area contributed by atoms with Crippen LogP contribution in [0.1, 0.15) is 37.3 Å². The topological polar surface area (TPSA) is 66.5 Å². The number of sulfonamides is 1. The van der Waals surface area contributed by atoms with E-state index in [1.807, 2.05) is 30.3 Å². The molecule has 2 rings (SSSR count). The van der Waals surface area contributed by atoms with Crippen LogP contribution < -0.4 is 5.32 Å². The summed E-state index contributed by atoms with van der Waals surface area (Å²) in [5, 5.41) is 2.94. The van der Waals surface area contributed by atoms with Crippen molar-refractivity contribution in [1.82, 2.24) is 9.62 Å². The van der Waals surface area contributed by atoms with E-state index >= 15 is 0 Å². The summed E-state index contributed by atoms with van der Waals surface area (Å²) in [5.74, 6) is -0.557. The second kappa shape index (κ2) is 7.24. The van der Waals surface area contributed by atoms with E-state index in [2.05, 4.69) is 5.32 Å². The van der Waals surface area contributed by atoms with Crippen LogP contribution in [0.4, 0.5) is 0 Å². The van der Waals surface area contributed by atoms with Crippen molar-refractivity contribution < 1.29 is 13.2 Å². The fourth-order valence-corrected chi connectivity index (χ4v) is 3.61. The van der Waals surface area contributed by atoms with Crippen molar-refractivity contribution in [3.63, 3.8) is 0 Å². The maximum atomic E-state index is 12.2. The molecule has 1 atom stereocenters. The second-order valence-corrected chi connectivity index (χ2v) is 8.22. The lowest BCUT2D eigenvalue weighted by Crippen LogP contribution is -2.39. The molecular weight excluding hydrogens is 300 g/mol. The Hall–Kier alpha value is -1.40. The zero-order valence-corrected chi connectivity index (χ0v) is 14.0. The van der Waals surface area contributed by atoms with Gasteiger partial charge in [-0.2, -0.15) is 0 Å². The Bertz CT molecular complexity index is 593. The molecule has 6 heteroatoms. The van der Waals surface area contributed by atoms with Gasteiger partial charge in [0.05, 0.1) is 6.04 Å². The molecule has 1 amide bonds. The smallest absolute Gasteiger partial charge is 0.237 e. The summed E-state index contributed by atoms with van der Waals surface area (Å²) in [5.41, 5.74) is 1.05. The number of hydrogen-bond acceptors (Lipinski definition) is 3. The Kier molecular flexibility index (Phi) is 5.58. The van der Waals surface area contributed by atoms with Crippen molar-refractivity contribution in [3.05, 3.63) is 35.9 Å². The quantitative estimate of drug-likeness (QED) is 0.869. The van der Waals surface area contributed by atoms with Crippen molar-refractivity contribution in [1.29, 1.82) is 0 Å². The van der Waals surface area contributed by atoms with Crippen LogP contribution >= 0.6 is 0 Å². The molecule has 0 spiro atoms. The molecule has 0 radical (unpaired) electrons. The summed E-state index contributed by atoms with van der Waals surface area (Å²) in [7, 11) is -0.650. The predicted molar refractivity (Wildman–Crippen MR) is 86.8 cm³/mol. The van der Waals surface area contributed by atoms with Crippen LogP contribution in [0.15, 0.2) is 30.3 Å². The summed E-state index contributed by atoms with van der Waals surface area (Å²) in [6.45, 7) is 0. The van der Waals surface area contributed by atoms with Crippen LogP contribution in [0.25, 0.3) is 0 Å². The first-order chi connectivity index (χ1) is 10.4. The van der Waals surface area contributed by atoms with Crippen molar-refractivity contribution >= 4 is 15.9 Å². The number of rotatable bonds is 6. The average molecular weight is 324 g/mol. The summed E-state index contributed by atoms with van der Waals surface area (Å²) in [6, 6.07) is 9.70. The molecule has 0 saturated heterocycles. The third-order valence-corrected chi connectivity index (χ3v) is 5.96. The van der Waals surface area contributed by atoms with Gasteiger partial charge in [0.1, 0.15) is 5.75 Å². The Morgan fingerprint density at radius 3 is 2.36 bits per heavy atom. The first kappa shape index (κ1) is 17.0. The Morgan fingerprint density at radius 1 is 1.23 bits per heavy atom. The molecule has 1 unspecified atom stereocenters. The van der Waals surface area contributed by atoms with Crippen molar-refractivity contribution in [3.8, 4) is 0 Å². The van der Waals surface area contributed by atoms with Crippen LogP contribution in [0, 0.1) is 5.92 Å². The maximum Gasteiger partial charge on any atom is 0.237 e. The van der Waals surface area contributed by atoms with E-state index in [0.717, 1.165) is 22.7 Å². The zero-order valence-electron chi connectivity index (χ0n) is 13.2.